The van der Waals surface area contributed by atoms with Crippen LogP contribution in [0.2, 0.25) is 0 Å². The number of carbonyl (C=O) groups is 4. The molecule has 0 spiro atoms. The van der Waals surface area contributed by atoms with E-state index in [0.717, 1.165) is 18.6 Å². The van der Waals surface area contributed by atoms with Crippen LogP contribution in [0.1, 0.15) is 42.0 Å². The van der Waals surface area contributed by atoms with Crippen molar-refractivity contribution in [1.29, 1.82) is 0 Å². The molecule has 13 heteroatoms. The number of amides is 2. The van der Waals surface area contributed by atoms with Gasteiger partial charge in [-0.1, -0.05) is 12.0 Å². The Morgan fingerprint density at radius 3 is 2.58 bits per heavy atom. The van der Waals surface area contributed by atoms with Crippen molar-refractivity contribution in [2.75, 3.05) is 17.6 Å². The van der Waals surface area contributed by atoms with E-state index in [4.69, 9.17) is 20.2 Å². The summed E-state index contributed by atoms with van der Waals surface area (Å²) in [6.07, 6.45) is 7.85. The highest BCUT2D eigenvalue weighted by molar-refractivity contribution is 6.09. The van der Waals surface area contributed by atoms with E-state index in [1.807, 2.05) is 0 Å². The summed E-state index contributed by atoms with van der Waals surface area (Å²) >= 11 is 0. The van der Waals surface area contributed by atoms with Gasteiger partial charge in [0.15, 0.2) is 11.5 Å². The van der Waals surface area contributed by atoms with E-state index in [2.05, 4.69) is 27.1 Å². The first-order valence-electron chi connectivity index (χ1n) is 13.2. The molecule has 1 atom stereocenters. The van der Waals surface area contributed by atoms with Crippen molar-refractivity contribution in [3.63, 3.8) is 0 Å². The molecule has 1 saturated heterocycles. The number of hydrogen-bond donors (Lipinski definition) is 2. The number of anilines is 2. The predicted octanol–water partition coefficient (Wildman–Crippen LogP) is 2.69. The van der Waals surface area contributed by atoms with Gasteiger partial charge in [0.05, 0.1) is 11.6 Å². The molecule has 0 aliphatic carbocycles. The van der Waals surface area contributed by atoms with Gasteiger partial charge < -0.3 is 25.4 Å². The largest absolute Gasteiger partial charge is 0.419 e. The highest BCUT2D eigenvalue weighted by Gasteiger charge is 2.35. The number of likely N-dealkylation sites (tertiary alicyclic amines) is 1. The normalized spacial score (nSPS) is 16.7. The Kier molecular flexibility index (Phi) is 7.01. The van der Waals surface area contributed by atoms with Crippen LogP contribution in [0, 0.1) is 11.8 Å². The number of nitrogens with one attached hydrogen (secondary N) is 1. The zero-order valence-corrected chi connectivity index (χ0v) is 22.7. The van der Waals surface area contributed by atoms with E-state index < -0.39 is 23.9 Å². The number of pyridine rings is 1. The van der Waals surface area contributed by atoms with E-state index >= 15 is 0 Å². The molecule has 4 aromatic rings. The molecular formula is C30H23N7O6. The molecule has 0 radical (unpaired) electrons. The highest BCUT2D eigenvalue weighted by atomic mass is 16.6. The van der Waals surface area contributed by atoms with E-state index in [0.29, 0.717) is 24.3 Å². The van der Waals surface area contributed by atoms with E-state index in [1.54, 1.807) is 40.6 Å². The van der Waals surface area contributed by atoms with Crippen LogP contribution in [0.4, 0.5) is 11.6 Å². The fraction of sp³-hybridized carbons (Fsp3) is 0.167. The number of nitrogen functional groups attached to an aromatic ring is 1. The van der Waals surface area contributed by atoms with Crippen molar-refractivity contribution in [3.8, 4) is 34.6 Å². The van der Waals surface area contributed by atoms with Gasteiger partial charge in [0, 0.05) is 42.9 Å². The fourth-order valence-electron chi connectivity index (χ4n) is 5.12. The van der Waals surface area contributed by atoms with Crippen molar-refractivity contribution < 1.29 is 28.7 Å². The molecule has 13 nitrogen and oxygen atoms in total. The first-order chi connectivity index (χ1) is 20.9. The molecule has 6 rings (SSSR count). The molecule has 2 amide bonds. The molecule has 0 unspecified atom stereocenters. The van der Waals surface area contributed by atoms with Crippen molar-refractivity contribution >= 4 is 40.9 Å². The molecule has 0 saturated carbocycles. The summed E-state index contributed by atoms with van der Waals surface area (Å²) in [5.41, 5.74) is 7.06. The lowest BCUT2D eigenvalue weighted by molar-refractivity contribution is -0.133. The number of benzene rings is 1. The molecule has 0 bridgehead atoms. The third-order valence-corrected chi connectivity index (χ3v) is 6.93. The third-order valence-electron chi connectivity index (χ3n) is 6.93. The van der Waals surface area contributed by atoms with Gasteiger partial charge in [0.25, 0.3) is 11.8 Å². The minimum absolute atomic E-state index is 0.0959. The average molecular weight is 578 g/mol. The monoisotopic (exact) mass is 577 g/mol. The lowest BCUT2D eigenvalue weighted by atomic mass is 10.0. The molecule has 5 heterocycles. The number of esters is 2. The maximum atomic E-state index is 13.3. The molecular weight excluding hydrogens is 554 g/mol. The number of ether oxygens (including phenoxy) is 2. The fourth-order valence-corrected chi connectivity index (χ4v) is 5.12. The zero-order chi connectivity index (χ0) is 30.1. The Bertz CT molecular complexity index is 1900. The second-order valence-corrected chi connectivity index (χ2v) is 9.54. The summed E-state index contributed by atoms with van der Waals surface area (Å²) in [7, 11) is 0. The SMILES string of the molecule is CC#CC(=O)N1CCC[C@H]1c1nc(-c2ccc(C(=O)Nc3ccccn3)c3c2OC(=O)/C=C\C(=O)O3)c2c(N)nccn12. The van der Waals surface area contributed by atoms with Gasteiger partial charge >= 0.3 is 11.9 Å². The van der Waals surface area contributed by atoms with Gasteiger partial charge in [-0.05, 0) is 50.0 Å². The molecule has 2 aliphatic rings. The maximum Gasteiger partial charge on any atom is 0.336 e. The number of fused-ring (bicyclic) bond motifs is 2. The third kappa shape index (κ3) is 5.02. The molecule has 43 heavy (non-hydrogen) atoms. The molecule has 1 fully saturated rings. The minimum Gasteiger partial charge on any atom is -0.419 e. The van der Waals surface area contributed by atoms with Crippen LogP contribution in [0.25, 0.3) is 16.8 Å². The van der Waals surface area contributed by atoms with Crippen molar-refractivity contribution in [1.82, 2.24) is 24.3 Å². The van der Waals surface area contributed by atoms with Gasteiger partial charge in [-0.15, -0.1) is 0 Å². The van der Waals surface area contributed by atoms with Crippen LogP contribution in [0.15, 0.2) is 61.1 Å². The van der Waals surface area contributed by atoms with Crippen LogP contribution in [0.3, 0.4) is 0 Å². The molecule has 214 valence electrons. The average Bonchev–Trinajstić information content (AvgIpc) is 3.63. The van der Waals surface area contributed by atoms with Crippen LogP contribution < -0.4 is 20.5 Å². The van der Waals surface area contributed by atoms with Crippen molar-refractivity contribution in [3.05, 3.63) is 72.5 Å². The number of hydrogen-bond acceptors (Lipinski definition) is 10. The lowest BCUT2D eigenvalue weighted by Crippen LogP contribution is -2.30. The minimum atomic E-state index is -0.893. The van der Waals surface area contributed by atoms with Crippen LogP contribution >= 0.6 is 0 Å². The van der Waals surface area contributed by atoms with Crippen LogP contribution in [0.5, 0.6) is 11.5 Å². The first-order valence-corrected chi connectivity index (χ1v) is 13.2. The topological polar surface area (TPSA) is 171 Å². The Labute approximate surface area is 244 Å². The zero-order valence-electron chi connectivity index (χ0n) is 22.7. The summed E-state index contributed by atoms with van der Waals surface area (Å²) < 4.78 is 12.9. The van der Waals surface area contributed by atoms with Gasteiger partial charge in [-0.2, -0.15) is 0 Å². The Morgan fingerprint density at radius 1 is 1.05 bits per heavy atom. The van der Waals surface area contributed by atoms with Crippen LogP contribution in [-0.2, 0) is 14.4 Å². The van der Waals surface area contributed by atoms with Crippen LogP contribution in [-0.4, -0.2) is 54.6 Å². The summed E-state index contributed by atoms with van der Waals surface area (Å²) in [5.74, 6) is 2.82. The second-order valence-electron chi connectivity index (χ2n) is 9.54. The summed E-state index contributed by atoms with van der Waals surface area (Å²) in [5, 5.41) is 2.64. The molecule has 1 aromatic carbocycles. The van der Waals surface area contributed by atoms with E-state index in [9.17, 15) is 19.2 Å². The summed E-state index contributed by atoms with van der Waals surface area (Å²) in [6.45, 7) is 2.09. The molecule has 3 aromatic heterocycles. The maximum absolute atomic E-state index is 13.3. The Morgan fingerprint density at radius 2 is 1.84 bits per heavy atom. The second kappa shape index (κ2) is 11.1. The van der Waals surface area contributed by atoms with Crippen molar-refractivity contribution in [2.24, 2.45) is 0 Å². The number of nitrogens with two attached hydrogens (primary N) is 1. The van der Waals surface area contributed by atoms with Gasteiger partial charge in [-0.3, -0.25) is 14.0 Å². The number of aromatic nitrogens is 4. The smallest absolute Gasteiger partial charge is 0.336 e. The van der Waals surface area contributed by atoms with Gasteiger partial charge in [-0.25, -0.2) is 24.5 Å². The number of imidazole rings is 1. The van der Waals surface area contributed by atoms with Crippen molar-refractivity contribution in [2.45, 2.75) is 25.8 Å². The number of rotatable bonds is 4. The van der Waals surface area contributed by atoms with Gasteiger partial charge in [0.2, 0.25) is 0 Å². The first kappa shape index (κ1) is 27.2. The summed E-state index contributed by atoms with van der Waals surface area (Å²) in [4.78, 5) is 66.2. The quantitative estimate of drug-likeness (QED) is 0.209. The number of nitrogens with zero attached hydrogens (tertiary/aromatic N) is 5. The lowest BCUT2D eigenvalue weighted by Gasteiger charge is -2.21. The predicted molar refractivity (Wildman–Crippen MR) is 153 cm³/mol. The van der Waals surface area contributed by atoms with E-state index in [1.165, 1.54) is 24.5 Å². The van der Waals surface area contributed by atoms with Gasteiger partial charge in [0.1, 0.15) is 28.7 Å². The Hall–Kier alpha value is -6.03. The molecule has 2 aliphatic heterocycles. The Balaban J connectivity index is 1.54. The summed E-state index contributed by atoms with van der Waals surface area (Å²) in [6, 6.07) is 7.47. The standard InChI is InChI=1S/C30H23N7O6/c1-2-6-21(38)36-15-5-7-19(36)29-35-24(25-28(31)33-14-16-37(25)29)17-9-10-18(30(41)34-20-8-3-4-13-32-20)27-26(17)42-22(39)11-12-23(40)43-27/h3-4,8-14,16,19H,5,7,15H2,1H3,(H2,31,33)(H,32,34,41)/b12-11-/t19-/m0/s1. The highest BCUT2D eigenvalue weighted by Crippen LogP contribution is 2.45. The number of carbonyl (C=O) groups excluding carboxylic acids is 4. The van der Waals surface area contributed by atoms with E-state index in [-0.39, 0.29) is 45.9 Å². The molecule has 3 N–H and O–H groups in total.